The number of carbonyl (C=O) groups is 2. The Hall–Kier alpha value is -2.37. The Morgan fingerprint density at radius 3 is 2.44 bits per heavy atom. The molecule has 0 aliphatic carbocycles. The van der Waals surface area contributed by atoms with E-state index in [1.165, 1.54) is 11.3 Å². The number of benzene rings is 2. The van der Waals surface area contributed by atoms with Crippen LogP contribution in [-0.4, -0.2) is 17.9 Å². The molecule has 0 spiro atoms. The second kappa shape index (κ2) is 8.14. The Labute approximate surface area is 155 Å². The summed E-state index contributed by atoms with van der Waals surface area (Å²) < 4.78 is 0. The summed E-state index contributed by atoms with van der Waals surface area (Å²) in [5.74, 6) is -0.0924. The first-order chi connectivity index (χ1) is 12.2. The number of ketones is 1. The molecular formula is C20H17NO2S2. The van der Waals surface area contributed by atoms with Crippen LogP contribution in [0.2, 0.25) is 0 Å². The highest BCUT2D eigenvalue weighted by atomic mass is 32.2. The van der Waals surface area contributed by atoms with E-state index in [0.29, 0.717) is 22.5 Å². The van der Waals surface area contributed by atoms with Crippen molar-refractivity contribution in [2.45, 2.75) is 11.4 Å². The molecule has 0 aliphatic rings. The number of thioether (sulfide) groups is 1. The quantitative estimate of drug-likeness (QED) is 0.510. The van der Waals surface area contributed by atoms with Crippen molar-refractivity contribution in [1.82, 2.24) is 5.32 Å². The monoisotopic (exact) mass is 367 g/mol. The second-order valence-corrected chi connectivity index (χ2v) is 7.36. The van der Waals surface area contributed by atoms with Gasteiger partial charge < -0.3 is 5.32 Å². The third kappa shape index (κ3) is 4.18. The number of carbonyl (C=O) groups excluding carboxylic acids is 2. The molecule has 5 heteroatoms. The van der Waals surface area contributed by atoms with Gasteiger partial charge in [-0.3, -0.25) is 9.59 Å². The van der Waals surface area contributed by atoms with Gasteiger partial charge in [0, 0.05) is 15.3 Å². The van der Waals surface area contributed by atoms with Gasteiger partial charge in [0.25, 0.3) is 5.91 Å². The Morgan fingerprint density at radius 1 is 0.960 bits per heavy atom. The predicted octanol–water partition coefficient (Wildman–Crippen LogP) is 4.63. The van der Waals surface area contributed by atoms with E-state index in [0.717, 1.165) is 9.77 Å². The Bertz CT molecular complexity index is 887. The summed E-state index contributed by atoms with van der Waals surface area (Å²) in [5, 5.41) is 2.93. The molecule has 0 saturated heterocycles. The predicted molar refractivity (Wildman–Crippen MR) is 104 cm³/mol. The zero-order chi connectivity index (χ0) is 17.6. The van der Waals surface area contributed by atoms with Crippen molar-refractivity contribution in [3.05, 3.63) is 87.6 Å². The molecule has 2 aromatic carbocycles. The van der Waals surface area contributed by atoms with E-state index in [9.17, 15) is 9.59 Å². The topological polar surface area (TPSA) is 46.2 Å². The molecule has 25 heavy (non-hydrogen) atoms. The lowest BCUT2D eigenvalue weighted by Crippen LogP contribution is -2.22. The van der Waals surface area contributed by atoms with Crippen LogP contribution in [0.1, 0.15) is 30.5 Å². The average molecular weight is 367 g/mol. The van der Waals surface area contributed by atoms with E-state index in [1.54, 1.807) is 11.8 Å². The number of rotatable bonds is 6. The van der Waals surface area contributed by atoms with Gasteiger partial charge in [0.15, 0.2) is 0 Å². The van der Waals surface area contributed by atoms with Crippen LogP contribution in [0.25, 0.3) is 0 Å². The summed E-state index contributed by atoms with van der Waals surface area (Å²) in [7, 11) is 0. The first-order valence-electron chi connectivity index (χ1n) is 7.78. The molecule has 1 amide bonds. The van der Waals surface area contributed by atoms with Crippen LogP contribution in [-0.2, 0) is 6.54 Å². The van der Waals surface area contributed by atoms with Crippen LogP contribution in [0.15, 0.2) is 71.6 Å². The standard InChI is InChI=1S/C20H17NO2S2/c1-24-17-10-6-5-9-16(17)20(23)21-13-15-11-12-18(25-15)19(22)14-7-3-2-4-8-14/h2-12H,13H2,1H3,(H,21,23). The summed E-state index contributed by atoms with van der Waals surface area (Å²) in [6.45, 7) is 0.411. The lowest BCUT2D eigenvalue weighted by atomic mass is 10.1. The van der Waals surface area contributed by atoms with Gasteiger partial charge in [-0.25, -0.2) is 0 Å². The molecule has 3 aromatic rings. The van der Waals surface area contributed by atoms with Crippen molar-refractivity contribution < 1.29 is 9.59 Å². The van der Waals surface area contributed by atoms with Gasteiger partial charge in [0.1, 0.15) is 0 Å². The molecule has 0 fully saturated rings. The zero-order valence-corrected chi connectivity index (χ0v) is 15.3. The van der Waals surface area contributed by atoms with E-state index >= 15 is 0 Å². The molecule has 3 rings (SSSR count). The Morgan fingerprint density at radius 2 is 1.68 bits per heavy atom. The van der Waals surface area contributed by atoms with E-state index in [1.807, 2.05) is 73.0 Å². The number of amides is 1. The van der Waals surface area contributed by atoms with Crippen LogP contribution >= 0.6 is 23.1 Å². The van der Waals surface area contributed by atoms with Crippen molar-refractivity contribution >= 4 is 34.8 Å². The van der Waals surface area contributed by atoms with Crippen molar-refractivity contribution in [3.8, 4) is 0 Å². The van der Waals surface area contributed by atoms with Crippen LogP contribution < -0.4 is 5.32 Å². The molecular weight excluding hydrogens is 350 g/mol. The summed E-state index contributed by atoms with van der Waals surface area (Å²) >= 11 is 2.96. The molecule has 3 nitrogen and oxygen atoms in total. The maximum atomic E-state index is 12.4. The fourth-order valence-electron chi connectivity index (χ4n) is 2.42. The highest BCUT2D eigenvalue weighted by Gasteiger charge is 2.13. The normalized spacial score (nSPS) is 10.4. The van der Waals surface area contributed by atoms with Gasteiger partial charge in [0.2, 0.25) is 5.78 Å². The minimum absolute atomic E-state index is 0.0101. The number of hydrogen-bond donors (Lipinski definition) is 1. The van der Waals surface area contributed by atoms with Crippen LogP contribution in [0, 0.1) is 0 Å². The fraction of sp³-hybridized carbons (Fsp3) is 0.100. The molecule has 1 N–H and O–H groups in total. The SMILES string of the molecule is CSc1ccccc1C(=O)NCc1ccc(C(=O)c2ccccc2)s1. The zero-order valence-electron chi connectivity index (χ0n) is 13.7. The molecule has 0 saturated carbocycles. The van der Waals surface area contributed by atoms with Crippen LogP contribution in [0.3, 0.4) is 0 Å². The second-order valence-electron chi connectivity index (χ2n) is 5.34. The summed E-state index contributed by atoms with van der Waals surface area (Å²) in [6.07, 6.45) is 1.95. The van der Waals surface area contributed by atoms with Crippen LogP contribution in [0.5, 0.6) is 0 Å². The summed E-state index contributed by atoms with van der Waals surface area (Å²) in [4.78, 5) is 27.4. The third-order valence-corrected chi connectivity index (χ3v) is 5.58. The van der Waals surface area contributed by atoms with Crippen LogP contribution in [0.4, 0.5) is 0 Å². The van der Waals surface area contributed by atoms with E-state index < -0.39 is 0 Å². The van der Waals surface area contributed by atoms with Gasteiger partial charge in [-0.1, -0.05) is 42.5 Å². The number of nitrogens with one attached hydrogen (secondary N) is 1. The molecule has 1 aromatic heterocycles. The van der Waals surface area contributed by atoms with E-state index in [2.05, 4.69) is 5.32 Å². The van der Waals surface area contributed by atoms with Gasteiger partial charge >= 0.3 is 0 Å². The number of hydrogen-bond acceptors (Lipinski definition) is 4. The lowest BCUT2D eigenvalue weighted by Gasteiger charge is -2.07. The molecule has 0 atom stereocenters. The summed E-state index contributed by atoms with van der Waals surface area (Å²) in [5.41, 5.74) is 1.35. The smallest absolute Gasteiger partial charge is 0.252 e. The Kier molecular flexibility index (Phi) is 5.68. The maximum absolute atomic E-state index is 12.4. The van der Waals surface area contributed by atoms with Gasteiger partial charge in [-0.05, 0) is 30.5 Å². The van der Waals surface area contributed by atoms with Gasteiger partial charge in [-0.15, -0.1) is 23.1 Å². The van der Waals surface area contributed by atoms with E-state index in [-0.39, 0.29) is 11.7 Å². The van der Waals surface area contributed by atoms with Crippen molar-refractivity contribution in [3.63, 3.8) is 0 Å². The van der Waals surface area contributed by atoms with Crippen molar-refractivity contribution in [2.75, 3.05) is 6.26 Å². The van der Waals surface area contributed by atoms with Crippen molar-refractivity contribution in [1.29, 1.82) is 0 Å². The average Bonchev–Trinajstić information content (AvgIpc) is 3.15. The van der Waals surface area contributed by atoms with E-state index in [4.69, 9.17) is 0 Å². The third-order valence-electron chi connectivity index (χ3n) is 3.70. The molecule has 0 aliphatic heterocycles. The fourth-order valence-corrected chi connectivity index (χ4v) is 3.93. The van der Waals surface area contributed by atoms with Gasteiger partial charge in [0.05, 0.1) is 17.0 Å². The minimum atomic E-state index is -0.103. The van der Waals surface area contributed by atoms with Gasteiger partial charge in [-0.2, -0.15) is 0 Å². The largest absolute Gasteiger partial charge is 0.347 e. The molecule has 1 heterocycles. The molecule has 126 valence electrons. The highest BCUT2D eigenvalue weighted by molar-refractivity contribution is 7.98. The first-order valence-corrected chi connectivity index (χ1v) is 9.83. The minimum Gasteiger partial charge on any atom is -0.347 e. The molecule has 0 unspecified atom stereocenters. The first kappa shape index (κ1) is 17.5. The summed E-state index contributed by atoms with van der Waals surface area (Å²) in [6, 6.07) is 20.4. The Balaban J connectivity index is 1.66. The maximum Gasteiger partial charge on any atom is 0.252 e. The molecule has 0 bridgehead atoms. The molecule has 0 radical (unpaired) electrons. The van der Waals surface area contributed by atoms with Crippen molar-refractivity contribution in [2.24, 2.45) is 0 Å². The lowest BCUT2D eigenvalue weighted by molar-refractivity contribution is 0.0948. The highest BCUT2D eigenvalue weighted by Crippen LogP contribution is 2.22. The number of thiophene rings is 1.